The number of rotatable bonds is 8. The molecule has 0 aromatic rings. The summed E-state index contributed by atoms with van der Waals surface area (Å²) in [6.45, 7) is 0.894. The number of ether oxygens (including phenoxy) is 1. The molecule has 0 aliphatic rings. The van der Waals surface area contributed by atoms with E-state index in [1.807, 2.05) is 0 Å². The Kier molecular flexibility index (Phi) is 6.74. The van der Waals surface area contributed by atoms with Gasteiger partial charge in [0.25, 0.3) is 0 Å². The first-order chi connectivity index (χ1) is 10.1. The summed E-state index contributed by atoms with van der Waals surface area (Å²) in [5.41, 5.74) is 0. The van der Waals surface area contributed by atoms with Gasteiger partial charge < -0.3 is 4.74 Å². The summed E-state index contributed by atoms with van der Waals surface area (Å²) in [6.07, 6.45) is -6.24. The standard InChI is InChI=1S/C11H11F11O/c1-2-3-4-5-23-7(13)6(12)8(14,15)9(16,17)10(18,19)11(20,21)22/h2-5H2,1H3. The van der Waals surface area contributed by atoms with Gasteiger partial charge in [0, 0.05) is 0 Å². The van der Waals surface area contributed by atoms with Crippen molar-refractivity contribution in [3.63, 3.8) is 0 Å². The Bertz CT molecular complexity index is 424. The predicted octanol–water partition coefficient (Wildman–Crippen LogP) is 5.77. The number of hydrogen-bond donors (Lipinski definition) is 0. The molecule has 0 amide bonds. The molecule has 0 aromatic heterocycles. The van der Waals surface area contributed by atoms with Crippen LogP contribution in [0.4, 0.5) is 48.3 Å². The Morgan fingerprint density at radius 3 is 1.65 bits per heavy atom. The lowest BCUT2D eigenvalue weighted by Gasteiger charge is -2.32. The quantitative estimate of drug-likeness (QED) is 0.300. The van der Waals surface area contributed by atoms with Gasteiger partial charge in [-0.05, 0) is 6.42 Å². The van der Waals surface area contributed by atoms with Crippen molar-refractivity contribution in [1.29, 1.82) is 0 Å². The second-order valence-corrected chi connectivity index (χ2v) is 4.36. The smallest absolute Gasteiger partial charge is 0.460 e. The van der Waals surface area contributed by atoms with E-state index in [1.54, 1.807) is 6.92 Å². The Hall–Kier alpha value is -1.23. The Balaban J connectivity index is 5.51. The molecule has 0 heterocycles. The molecule has 0 bridgehead atoms. The Labute approximate surface area is 123 Å². The van der Waals surface area contributed by atoms with E-state index < -0.39 is 42.4 Å². The summed E-state index contributed by atoms with van der Waals surface area (Å²) < 4.78 is 141. The van der Waals surface area contributed by atoms with Crippen LogP contribution in [0.5, 0.6) is 0 Å². The van der Waals surface area contributed by atoms with Gasteiger partial charge in [0.1, 0.15) is 0 Å². The maximum absolute atomic E-state index is 13.0. The minimum absolute atomic E-state index is 0.0160. The minimum atomic E-state index is -7.30. The Morgan fingerprint density at radius 1 is 0.783 bits per heavy atom. The molecular weight excluding hydrogens is 357 g/mol. The highest BCUT2D eigenvalue weighted by atomic mass is 19.4. The van der Waals surface area contributed by atoms with E-state index >= 15 is 0 Å². The highest BCUT2D eigenvalue weighted by molar-refractivity contribution is 5.16. The number of halogens is 11. The number of unbranched alkanes of at least 4 members (excludes halogenated alkanes) is 2. The van der Waals surface area contributed by atoms with Crippen molar-refractivity contribution in [3.8, 4) is 0 Å². The van der Waals surface area contributed by atoms with Crippen LogP contribution in [0, 0.1) is 0 Å². The molecule has 0 fully saturated rings. The molecule has 12 heteroatoms. The molecule has 0 saturated carbocycles. The van der Waals surface area contributed by atoms with E-state index in [9.17, 15) is 48.3 Å². The molecule has 0 aromatic carbocycles. The van der Waals surface area contributed by atoms with E-state index in [1.165, 1.54) is 0 Å². The van der Waals surface area contributed by atoms with Crippen molar-refractivity contribution in [2.24, 2.45) is 0 Å². The zero-order valence-electron chi connectivity index (χ0n) is 11.4. The van der Waals surface area contributed by atoms with Gasteiger partial charge in [-0.2, -0.15) is 48.3 Å². The molecule has 0 atom stereocenters. The lowest BCUT2D eigenvalue weighted by Crippen LogP contribution is -2.61. The molecule has 0 aliphatic heterocycles. The van der Waals surface area contributed by atoms with Gasteiger partial charge in [0.2, 0.25) is 5.83 Å². The minimum Gasteiger partial charge on any atom is -0.469 e. The summed E-state index contributed by atoms with van der Waals surface area (Å²) in [6, 6.07) is -2.98. The molecule has 23 heavy (non-hydrogen) atoms. The Morgan fingerprint density at radius 2 is 1.26 bits per heavy atom. The molecular formula is C11H11F11O. The largest absolute Gasteiger partial charge is 0.469 e. The molecule has 0 aliphatic carbocycles. The first kappa shape index (κ1) is 21.8. The van der Waals surface area contributed by atoms with Crippen LogP contribution in [0.25, 0.3) is 0 Å². The van der Waals surface area contributed by atoms with Gasteiger partial charge in [0.15, 0.2) is 0 Å². The fourth-order valence-electron chi connectivity index (χ4n) is 1.21. The molecule has 0 radical (unpaired) electrons. The van der Waals surface area contributed by atoms with E-state index in [0.717, 1.165) is 0 Å². The first-order valence-electron chi connectivity index (χ1n) is 6.03. The molecule has 0 saturated heterocycles. The molecule has 0 unspecified atom stereocenters. The summed E-state index contributed by atoms with van der Waals surface area (Å²) >= 11 is 0. The van der Waals surface area contributed by atoms with E-state index in [4.69, 9.17) is 0 Å². The normalized spacial score (nSPS) is 15.5. The zero-order chi connectivity index (χ0) is 18.7. The highest BCUT2D eigenvalue weighted by Crippen LogP contribution is 2.55. The van der Waals surface area contributed by atoms with Crippen LogP contribution >= 0.6 is 0 Å². The second kappa shape index (κ2) is 7.12. The van der Waals surface area contributed by atoms with Crippen LogP contribution in [0.3, 0.4) is 0 Å². The third-order valence-corrected chi connectivity index (χ3v) is 2.57. The van der Waals surface area contributed by atoms with Crippen LogP contribution in [-0.4, -0.2) is 30.6 Å². The molecule has 0 spiro atoms. The summed E-state index contributed by atoms with van der Waals surface area (Å²) in [5, 5.41) is 0. The average molecular weight is 368 g/mol. The molecule has 1 nitrogen and oxygen atoms in total. The third kappa shape index (κ3) is 4.19. The number of allylic oxidation sites excluding steroid dienone is 1. The van der Waals surface area contributed by atoms with Crippen molar-refractivity contribution < 1.29 is 53.0 Å². The van der Waals surface area contributed by atoms with Gasteiger partial charge >= 0.3 is 30.0 Å². The van der Waals surface area contributed by atoms with Crippen molar-refractivity contribution in [3.05, 3.63) is 11.8 Å². The van der Waals surface area contributed by atoms with Crippen LogP contribution in [0.15, 0.2) is 11.8 Å². The second-order valence-electron chi connectivity index (χ2n) is 4.36. The monoisotopic (exact) mass is 368 g/mol. The van der Waals surface area contributed by atoms with Gasteiger partial charge in [0.05, 0.1) is 6.61 Å². The fourth-order valence-corrected chi connectivity index (χ4v) is 1.21. The average Bonchev–Trinajstić information content (AvgIpc) is 2.40. The van der Waals surface area contributed by atoms with Gasteiger partial charge in [-0.3, -0.25) is 0 Å². The van der Waals surface area contributed by atoms with Crippen molar-refractivity contribution in [2.45, 2.75) is 50.1 Å². The van der Waals surface area contributed by atoms with E-state index in [-0.39, 0.29) is 6.42 Å². The van der Waals surface area contributed by atoms with E-state index in [2.05, 4.69) is 4.74 Å². The van der Waals surface area contributed by atoms with Crippen LogP contribution in [0.2, 0.25) is 0 Å². The molecule has 0 rings (SSSR count). The van der Waals surface area contributed by atoms with E-state index in [0.29, 0.717) is 12.8 Å². The molecule has 138 valence electrons. The SMILES string of the molecule is CCCCCOC(F)=C(F)C(F)(F)C(F)(F)C(F)(F)C(F)(F)F. The summed E-state index contributed by atoms with van der Waals surface area (Å²) in [4.78, 5) is 0. The lowest BCUT2D eigenvalue weighted by molar-refractivity contribution is -0.392. The topological polar surface area (TPSA) is 9.23 Å². The lowest BCUT2D eigenvalue weighted by atomic mass is 10.0. The number of hydrogen-bond acceptors (Lipinski definition) is 1. The van der Waals surface area contributed by atoms with Crippen LogP contribution in [-0.2, 0) is 4.74 Å². The predicted molar refractivity (Wildman–Crippen MR) is 55.6 cm³/mol. The maximum Gasteiger partial charge on any atom is 0.460 e. The highest BCUT2D eigenvalue weighted by Gasteiger charge is 2.83. The van der Waals surface area contributed by atoms with Crippen molar-refractivity contribution in [1.82, 2.24) is 0 Å². The third-order valence-electron chi connectivity index (χ3n) is 2.57. The van der Waals surface area contributed by atoms with Gasteiger partial charge in [-0.25, -0.2) is 0 Å². The first-order valence-corrected chi connectivity index (χ1v) is 6.03. The fraction of sp³-hybridized carbons (Fsp3) is 0.818. The van der Waals surface area contributed by atoms with Gasteiger partial charge in [-0.1, -0.05) is 19.8 Å². The summed E-state index contributed by atoms with van der Waals surface area (Å²) in [5.74, 6) is -25.2. The van der Waals surface area contributed by atoms with Crippen LogP contribution < -0.4 is 0 Å². The van der Waals surface area contributed by atoms with Gasteiger partial charge in [-0.15, -0.1) is 0 Å². The number of alkyl halides is 9. The van der Waals surface area contributed by atoms with Crippen molar-refractivity contribution in [2.75, 3.05) is 6.61 Å². The zero-order valence-corrected chi connectivity index (χ0v) is 11.4. The maximum atomic E-state index is 13.0. The van der Waals surface area contributed by atoms with Crippen molar-refractivity contribution >= 4 is 0 Å². The van der Waals surface area contributed by atoms with Crippen LogP contribution in [0.1, 0.15) is 26.2 Å². The summed E-state index contributed by atoms with van der Waals surface area (Å²) in [7, 11) is 0. The molecule has 0 N–H and O–H groups in total.